The van der Waals surface area contributed by atoms with Crippen LogP contribution < -0.4 is 11.1 Å². The standard InChI is InChI=1S/C7H13I2N3O3S/c8-12(9)3-1-2-11-7(15)16-4-5(10)6(13)14/h5H,1-4,10H2,(H,11,15)(H,13,14)/t5-/m0/s1. The van der Waals surface area contributed by atoms with Gasteiger partial charge in [-0.3, -0.25) is 9.59 Å². The smallest absolute Gasteiger partial charge is 0.321 e. The van der Waals surface area contributed by atoms with Crippen LogP contribution in [0.25, 0.3) is 0 Å². The van der Waals surface area contributed by atoms with Crippen molar-refractivity contribution in [1.82, 2.24) is 6.64 Å². The Bertz CT molecular complexity index is 243. The van der Waals surface area contributed by atoms with Crippen LogP contribution >= 0.6 is 57.5 Å². The second kappa shape index (κ2) is 9.67. The predicted octanol–water partition coefficient (Wildman–Crippen LogP) is 1.23. The molecule has 0 saturated carbocycles. The molecule has 0 aromatic rings. The van der Waals surface area contributed by atoms with Crippen molar-refractivity contribution in [2.45, 2.75) is 12.5 Å². The number of amides is 1. The number of carboxylic acids is 1. The molecule has 0 rings (SSSR count). The molecule has 0 aliphatic carbocycles. The highest BCUT2D eigenvalue weighted by Crippen LogP contribution is 2.07. The lowest BCUT2D eigenvalue weighted by atomic mass is 10.4. The van der Waals surface area contributed by atoms with Crippen LogP contribution in [0.15, 0.2) is 0 Å². The van der Waals surface area contributed by atoms with Crippen LogP contribution in [0.1, 0.15) is 6.42 Å². The van der Waals surface area contributed by atoms with Gasteiger partial charge in [0.15, 0.2) is 0 Å². The minimum atomic E-state index is -1.09. The lowest BCUT2D eigenvalue weighted by Crippen LogP contribution is -2.34. The number of hydrogen-bond donors (Lipinski definition) is 3. The highest BCUT2D eigenvalue weighted by Gasteiger charge is 2.13. The summed E-state index contributed by atoms with van der Waals surface area (Å²) in [5, 5.41) is 10.9. The molecular formula is C7H13I2N3O3S. The molecule has 0 saturated heterocycles. The molecule has 0 fully saturated rings. The highest BCUT2D eigenvalue weighted by atomic mass is 127. The molecule has 0 heterocycles. The second-order valence-corrected chi connectivity index (χ2v) is 8.02. The van der Waals surface area contributed by atoms with E-state index in [1.807, 2.05) is 1.33 Å². The number of aliphatic carboxylic acids is 1. The average molecular weight is 473 g/mol. The summed E-state index contributed by atoms with van der Waals surface area (Å²) in [6.07, 6.45) is 0.850. The molecule has 4 N–H and O–H groups in total. The van der Waals surface area contributed by atoms with Crippen LogP contribution in [0, 0.1) is 0 Å². The van der Waals surface area contributed by atoms with Crippen molar-refractivity contribution >= 4 is 68.7 Å². The largest absolute Gasteiger partial charge is 0.480 e. The van der Waals surface area contributed by atoms with Gasteiger partial charge in [-0.15, -0.1) is 0 Å². The van der Waals surface area contributed by atoms with Gasteiger partial charge in [-0.05, 0) is 6.42 Å². The van der Waals surface area contributed by atoms with E-state index in [0.717, 1.165) is 24.7 Å². The van der Waals surface area contributed by atoms with E-state index in [1.54, 1.807) is 0 Å². The summed E-state index contributed by atoms with van der Waals surface area (Å²) >= 11 is 5.20. The van der Waals surface area contributed by atoms with Gasteiger partial charge in [0.25, 0.3) is 5.24 Å². The number of halogens is 2. The first-order valence-corrected chi connectivity index (χ1v) is 7.33. The molecule has 6 nitrogen and oxygen atoms in total. The Morgan fingerprint density at radius 3 is 2.62 bits per heavy atom. The third-order valence-corrected chi connectivity index (χ3v) is 3.38. The van der Waals surface area contributed by atoms with Crippen molar-refractivity contribution < 1.29 is 14.7 Å². The molecule has 0 radical (unpaired) electrons. The fraction of sp³-hybridized carbons (Fsp3) is 0.714. The van der Waals surface area contributed by atoms with Crippen LogP contribution in [-0.4, -0.2) is 42.5 Å². The molecule has 1 amide bonds. The summed E-state index contributed by atoms with van der Waals surface area (Å²) < 4.78 is 1.97. The number of nitrogens with zero attached hydrogens (tertiary/aromatic N) is 1. The van der Waals surface area contributed by atoms with Gasteiger partial charge in [0.05, 0.1) is 0 Å². The number of carboxylic acid groups (broad SMARTS) is 1. The lowest BCUT2D eigenvalue weighted by molar-refractivity contribution is -0.137. The van der Waals surface area contributed by atoms with Crippen molar-refractivity contribution in [3.05, 3.63) is 0 Å². The summed E-state index contributed by atoms with van der Waals surface area (Å²) in [5.41, 5.74) is 5.25. The van der Waals surface area contributed by atoms with Crippen LogP contribution in [0.2, 0.25) is 0 Å². The quantitative estimate of drug-likeness (QED) is 0.293. The predicted molar refractivity (Wildman–Crippen MR) is 80.8 cm³/mol. The molecule has 0 bridgehead atoms. The Morgan fingerprint density at radius 1 is 1.50 bits per heavy atom. The van der Waals surface area contributed by atoms with Crippen LogP contribution in [0.3, 0.4) is 0 Å². The Hall–Kier alpha value is 0.670. The molecule has 94 valence electrons. The Labute approximate surface area is 126 Å². The summed E-state index contributed by atoms with van der Waals surface area (Å²) in [6, 6.07) is -0.991. The van der Waals surface area contributed by atoms with Crippen LogP contribution in [-0.2, 0) is 4.79 Å². The summed E-state index contributed by atoms with van der Waals surface area (Å²) in [7, 11) is 0. The van der Waals surface area contributed by atoms with E-state index in [2.05, 4.69) is 51.0 Å². The van der Waals surface area contributed by atoms with Gasteiger partial charge in [-0.2, -0.15) is 1.33 Å². The van der Waals surface area contributed by atoms with Gasteiger partial charge in [-0.1, -0.05) is 11.8 Å². The topological polar surface area (TPSA) is 95.7 Å². The maximum atomic E-state index is 11.2. The number of carbonyl (C=O) groups excluding carboxylic acids is 1. The zero-order valence-corrected chi connectivity index (χ0v) is 13.5. The highest BCUT2D eigenvalue weighted by molar-refractivity contribution is 14.2. The van der Waals surface area contributed by atoms with Gasteiger partial charge in [0.1, 0.15) is 6.04 Å². The Kier molecular flexibility index (Phi) is 10.1. The van der Waals surface area contributed by atoms with E-state index in [9.17, 15) is 9.59 Å². The molecule has 0 aliphatic rings. The summed E-state index contributed by atoms with van der Waals surface area (Å²) in [6.45, 7) is 1.46. The fourth-order valence-electron chi connectivity index (χ4n) is 0.677. The maximum Gasteiger partial charge on any atom is 0.321 e. The van der Waals surface area contributed by atoms with E-state index < -0.39 is 12.0 Å². The van der Waals surface area contributed by atoms with Crippen molar-refractivity contribution in [1.29, 1.82) is 0 Å². The molecule has 16 heavy (non-hydrogen) atoms. The first-order valence-electron chi connectivity index (χ1n) is 4.41. The van der Waals surface area contributed by atoms with Gasteiger partial charge in [0.2, 0.25) is 0 Å². The van der Waals surface area contributed by atoms with E-state index >= 15 is 0 Å². The normalized spacial score (nSPS) is 12.5. The maximum absolute atomic E-state index is 11.2. The van der Waals surface area contributed by atoms with Crippen LogP contribution in [0.4, 0.5) is 4.79 Å². The van der Waals surface area contributed by atoms with Gasteiger partial charge in [-0.25, -0.2) is 0 Å². The molecule has 0 aromatic carbocycles. The zero-order valence-electron chi connectivity index (χ0n) is 8.36. The molecule has 9 heteroatoms. The van der Waals surface area contributed by atoms with Gasteiger partial charge >= 0.3 is 5.97 Å². The fourth-order valence-corrected chi connectivity index (χ4v) is 2.04. The monoisotopic (exact) mass is 473 g/mol. The van der Waals surface area contributed by atoms with E-state index in [-0.39, 0.29) is 11.0 Å². The number of carbonyl (C=O) groups is 2. The van der Waals surface area contributed by atoms with Crippen LogP contribution in [0.5, 0.6) is 0 Å². The van der Waals surface area contributed by atoms with E-state index in [0.29, 0.717) is 6.54 Å². The molecule has 0 spiro atoms. The van der Waals surface area contributed by atoms with Crippen molar-refractivity contribution in [3.8, 4) is 0 Å². The first-order chi connectivity index (χ1) is 7.43. The first kappa shape index (κ1) is 16.7. The van der Waals surface area contributed by atoms with Crippen molar-refractivity contribution in [2.24, 2.45) is 5.73 Å². The molecule has 0 aromatic heterocycles. The molecule has 0 unspecified atom stereocenters. The average Bonchev–Trinajstić information content (AvgIpc) is 2.20. The van der Waals surface area contributed by atoms with E-state index in [1.165, 1.54) is 0 Å². The van der Waals surface area contributed by atoms with Gasteiger partial charge in [0, 0.05) is 64.6 Å². The number of nitrogens with two attached hydrogens (primary N) is 1. The number of nitrogens with one attached hydrogen (secondary N) is 1. The number of hydrogen-bond acceptors (Lipinski definition) is 5. The van der Waals surface area contributed by atoms with Crippen molar-refractivity contribution in [2.75, 3.05) is 18.8 Å². The minimum absolute atomic E-state index is 0.0891. The third-order valence-electron chi connectivity index (χ3n) is 1.48. The van der Waals surface area contributed by atoms with Crippen molar-refractivity contribution in [3.63, 3.8) is 0 Å². The third kappa shape index (κ3) is 9.86. The second-order valence-electron chi connectivity index (χ2n) is 2.85. The van der Waals surface area contributed by atoms with Gasteiger partial charge < -0.3 is 16.2 Å². The molecule has 1 atom stereocenters. The van der Waals surface area contributed by atoms with E-state index in [4.69, 9.17) is 10.8 Å². The summed E-state index contributed by atoms with van der Waals surface area (Å²) in [4.78, 5) is 21.6. The molecular weight excluding hydrogens is 460 g/mol. The summed E-state index contributed by atoms with van der Waals surface area (Å²) in [5.74, 6) is -1.00. The lowest BCUT2D eigenvalue weighted by Gasteiger charge is -2.08. The Morgan fingerprint density at radius 2 is 2.12 bits per heavy atom. The Balaban J connectivity index is 3.48. The number of thioether (sulfide) groups is 1. The molecule has 0 aliphatic heterocycles. The zero-order chi connectivity index (χ0) is 12.6. The SMILES string of the molecule is N[C@@H](CSC(=O)NCCCN(I)I)C(=O)O. The number of rotatable bonds is 7. The minimum Gasteiger partial charge on any atom is -0.480 e.